The number of hydrogen-bond donors (Lipinski definition) is 2. The highest BCUT2D eigenvalue weighted by molar-refractivity contribution is 5.93. The minimum Gasteiger partial charge on any atom is -0.338 e. The molecular formula is C18H19F3N6O2. The maximum atomic E-state index is 13.4. The second-order valence-corrected chi connectivity index (χ2v) is 7.06. The molecule has 8 nitrogen and oxygen atoms in total. The van der Waals surface area contributed by atoms with E-state index in [-0.39, 0.29) is 24.3 Å². The highest BCUT2D eigenvalue weighted by Gasteiger charge is 2.33. The van der Waals surface area contributed by atoms with Crippen molar-refractivity contribution < 1.29 is 22.8 Å². The lowest BCUT2D eigenvalue weighted by atomic mass is 10.1. The van der Waals surface area contributed by atoms with Crippen molar-refractivity contribution in [3.05, 3.63) is 41.5 Å². The van der Waals surface area contributed by atoms with Crippen LogP contribution in [0.5, 0.6) is 0 Å². The Bertz CT molecular complexity index is 955. The average molecular weight is 408 g/mol. The molecule has 2 aliphatic heterocycles. The molecule has 154 valence electrons. The summed E-state index contributed by atoms with van der Waals surface area (Å²) in [6.45, 7) is 3.50. The Kier molecular flexibility index (Phi) is 4.81. The zero-order valence-electron chi connectivity index (χ0n) is 15.6. The van der Waals surface area contributed by atoms with Gasteiger partial charge in [0.25, 0.3) is 0 Å². The molecule has 4 amide bonds. The van der Waals surface area contributed by atoms with Crippen molar-refractivity contribution in [2.24, 2.45) is 0 Å². The van der Waals surface area contributed by atoms with Crippen LogP contribution >= 0.6 is 0 Å². The molecule has 0 saturated carbocycles. The monoisotopic (exact) mass is 408 g/mol. The fourth-order valence-electron chi connectivity index (χ4n) is 3.57. The van der Waals surface area contributed by atoms with Crippen molar-refractivity contribution in [2.45, 2.75) is 32.5 Å². The van der Waals surface area contributed by atoms with Gasteiger partial charge in [0.1, 0.15) is 0 Å². The summed E-state index contributed by atoms with van der Waals surface area (Å²) in [5, 5.41) is 9.50. The molecular weight excluding hydrogens is 389 g/mol. The predicted molar refractivity (Wildman–Crippen MR) is 97.9 cm³/mol. The Morgan fingerprint density at radius 3 is 2.69 bits per heavy atom. The maximum Gasteiger partial charge on any atom is 0.322 e. The van der Waals surface area contributed by atoms with Gasteiger partial charge >= 0.3 is 12.1 Å². The number of anilines is 2. The molecule has 29 heavy (non-hydrogen) atoms. The first-order valence-corrected chi connectivity index (χ1v) is 9.17. The van der Waals surface area contributed by atoms with Crippen molar-refractivity contribution in [2.75, 3.05) is 23.3 Å². The molecule has 2 N–H and O–H groups in total. The van der Waals surface area contributed by atoms with E-state index in [1.165, 1.54) is 4.90 Å². The first kappa shape index (κ1) is 19.1. The van der Waals surface area contributed by atoms with E-state index in [2.05, 4.69) is 15.7 Å². The summed E-state index contributed by atoms with van der Waals surface area (Å²) in [6, 6.07) is 0.362. The third-order valence-corrected chi connectivity index (χ3v) is 5.08. The Morgan fingerprint density at radius 2 is 2.00 bits per heavy atom. The van der Waals surface area contributed by atoms with Crippen LogP contribution in [0.3, 0.4) is 0 Å². The molecule has 1 atom stereocenters. The highest BCUT2D eigenvalue weighted by atomic mass is 19.2. The fourth-order valence-corrected chi connectivity index (χ4v) is 3.57. The topological polar surface area (TPSA) is 82.5 Å². The number of amides is 4. The molecule has 11 heteroatoms. The van der Waals surface area contributed by atoms with Gasteiger partial charge in [-0.2, -0.15) is 5.10 Å². The zero-order valence-corrected chi connectivity index (χ0v) is 15.6. The van der Waals surface area contributed by atoms with Gasteiger partial charge in [0.15, 0.2) is 17.5 Å². The first-order chi connectivity index (χ1) is 13.8. The minimum atomic E-state index is -1.59. The number of nitrogens with zero attached hydrogens (tertiary/aromatic N) is 4. The van der Waals surface area contributed by atoms with Gasteiger partial charge in [-0.05, 0) is 13.3 Å². The molecule has 0 radical (unpaired) electrons. The number of carbonyl (C=O) groups excluding carboxylic acids is 2. The SMILES string of the molecule is C[C@H]1Cn2ncc(N3CCCNC3=O)c2CN1C(=O)Nc1cc(F)c(F)c(F)c1. The lowest BCUT2D eigenvalue weighted by molar-refractivity contribution is 0.161. The lowest BCUT2D eigenvalue weighted by Gasteiger charge is -2.35. The summed E-state index contributed by atoms with van der Waals surface area (Å²) in [7, 11) is 0. The van der Waals surface area contributed by atoms with Crippen LogP contribution in [0.4, 0.5) is 34.1 Å². The number of urea groups is 2. The number of aromatic nitrogens is 2. The van der Waals surface area contributed by atoms with Crippen molar-refractivity contribution in [3.8, 4) is 0 Å². The third kappa shape index (κ3) is 3.47. The molecule has 1 saturated heterocycles. The van der Waals surface area contributed by atoms with Crippen LogP contribution in [-0.4, -0.2) is 45.9 Å². The summed E-state index contributed by atoms with van der Waals surface area (Å²) < 4.78 is 41.7. The van der Waals surface area contributed by atoms with Gasteiger partial charge in [0.05, 0.1) is 36.7 Å². The second-order valence-electron chi connectivity index (χ2n) is 7.06. The molecule has 0 bridgehead atoms. The van der Waals surface area contributed by atoms with Crippen LogP contribution in [0.15, 0.2) is 18.3 Å². The summed E-state index contributed by atoms with van der Waals surface area (Å²) in [6.07, 6.45) is 2.39. The van der Waals surface area contributed by atoms with Gasteiger partial charge in [-0.25, -0.2) is 22.8 Å². The highest BCUT2D eigenvalue weighted by Crippen LogP contribution is 2.28. The normalized spacial score (nSPS) is 19.0. The van der Waals surface area contributed by atoms with E-state index >= 15 is 0 Å². The van der Waals surface area contributed by atoms with Gasteiger partial charge in [0, 0.05) is 30.9 Å². The van der Waals surface area contributed by atoms with E-state index in [1.807, 2.05) is 6.92 Å². The number of nitrogens with one attached hydrogen (secondary N) is 2. The summed E-state index contributed by atoms with van der Waals surface area (Å²) in [4.78, 5) is 28.0. The van der Waals surface area contributed by atoms with Crippen LogP contribution < -0.4 is 15.5 Å². The van der Waals surface area contributed by atoms with Crippen molar-refractivity contribution in [3.63, 3.8) is 0 Å². The molecule has 2 aliphatic rings. The van der Waals surface area contributed by atoms with E-state index in [0.717, 1.165) is 18.6 Å². The number of rotatable bonds is 2. The molecule has 1 fully saturated rings. The van der Waals surface area contributed by atoms with Gasteiger partial charge in [-0.3, -0.25) is 9.58 Å². The molecule has 1 aromatic heterocycles. The number of halogens is 3. The van der Waals surface area contributed by atoms with E-state index < -0.39 is 23.5 Å². The van der Waals surface area contributed by atoms with Crippen LogP contribution in [-0.2, 0) is 13.1 Å². The zero-order chi connectivity index (χ0) is 20.7. The first-order valence-electron chi connectivity index (χ1n) is 9.17. The van der Waals surface area contributed by atoms with E-state index in [0.29, 0.717) is 31.0 Å². The predicted octanol–water partition coefficient (Wildman–Crippen LogP) is 2.66. The second kappa shape index (κ2) is 7.30. The lowest BCUT2D eigenvalue weighted by Crippen LogP contribution is -2.49. The number of benzene rings is 1. The van der Waals surface area contributed by atoms with Gasteiger partial charge in [-0.15, -0.1) is 0 Å². The summed E-state index contributed by atoms with van der Waals surface area (Å²) >= 11 is 0. The molecule has 4 rings (SSSR count). The maximum absolute atomic E-state index is 13.4. The van der Waals surface area contributed by atoms with Crippen LogP contribution in [0.2, 0.25) is 0 Å². The van der Waals surface area contributed by atoms with Gasteiger partial charge in [-0.1, -0.05) is 0 Å². The van der Waals surface area contributed by atoms with Crippen molar-refractivity contribution in [1.29, 1.82) is 0 Å². The Hall–Kier alpha value is -3.24. The van der Waals surface area contributed by atoms with Gasteiger partial charge in [0.2, 0.25) is 0 Å². The minimum absolute atomic E-state index is 0.151. The van der Waals surface area contributed by atoms with E-state index in [1.54, 1.807) is 15.8 Å². The van der Waals surface area contributed by atoms with Crippen LogP contribution in [0.1, 0.15) is 19.0 Å². The van der Waals surface area contributed by atoms with Crippen molar-refractivity contribution >= 4 is 23.4 Å². The largest absolute Gasteiger partial charge is 0.338 e. The van der Waals surface area contributed by atoms with E-state index in [9.17, 15) is 22.8 Å². The Morgan fingerprint density at radius 1 is 1.28 bits per heavy atom. The number of carbonyl (C=O) groups is 2. The van der Waals surface area contributed by atoms with Crippen LogP contribution in [0.25, 0.3) is 0 Å². The molecule has 0 unspecified atom stereocenters. The average Bonchev–Trinajstić information content (AvgIpc) is 3.08. The number of fused-ring (bicyclic) bond motifs is 1. The van der Waals surface area contributed by atoms with Crippen LogP contribution in [0, 0.1) is 17.5 Å². The molecule has 0 aliphatic carbocycles. The van der Waals surface area contributed by atoms with E-state index in [4.69, 9.17) is 0 Å². The quantitative estimate of drug-likeness (QED) is 0.750. The number of hydrogen-bond acceptors (Lipinski definition) is 3. The smallest absolute Gasteiger partial charge is 0.322 e. The van der Waals surface area contributed by atoms with Gasteiger partial charge < -0.3 is 15.5 Å². The molecule has 3 heterocycles. The molecule has 1 aromatic carbocycles. The summed E-state index contributed by atoms with van der Waals surface area (Å²) in [5.41, 5.74) is 1.12. The Balaban J connectivity index is 1.56. The summed E-state index contributed by atoms with van der Waals surface area (Å²) in [5.74, 6) is -4.37. The molecule has 2 aromatic rings. The molecule has 0 spiro atoms. The third-order valence-electron chi connectivity index (χ3n) is 5.08. The fraction of sp³-hybridized carbons (Fsp3) is 0.389. The Labute approximate surface area is 164 Å². The van der Waals surface area contributed by atoms with Crippen molar-refractivity contribution in [1.82, 2.24) is 20.0 Å². The standard InChI is InChI=1S/C18H19F3N6O2/c1-10-8-27-15(14(7-23-27)25-4-2-3-22-17(25)28)9-26(10)18(29)24-11-5-12(19)16(21)13(20)6-11/h5-7,10H,2-4,8-9H2,1H3,(H,22,28)(H,24,29)/t10-/m0/s1.